The fraction of sp³-hybridized carbons (Fsp3) is 0.538. The molecule has 0 amide bonds. The minimum atomic E-state index is -0.184. The van der Waals surface area contributed by atoms with Crippen molar-refractivity contribution >= 4 is 0 Å². The Morgan fingerprint density at radius 3 is 2.87 bits per heavy atom. The quantitative estimate of drug-likeness (QED) is 0.754. The summed E-state index contributed by atoms with van der Waals surface area (Å²) in [5.74, 6) is 0. The normalized spacial score (nSPS) is 20.3. The third-order valence-electron chi connectivity index (χ3n) is 2.98. The summed E-state index contributed by atoms with van der Waals surface area (Å²) < 4.78 is 11.6. The Morgan fingerprint density at radius 2 is 2.13 bits per heavy atom. The lowest BCUT2D eigenvalue weighted by Gasteiger charge is -2.27. The van der Waals surface area contributed by atoms with E-state index in [1.54, 1.807) is 0 Å². The van der Waals surface area contributed by atoms with E-state index in [4.69, 9.17) is 9.47 Å². The van der Waals surface area contributed by atoms with Gasteiger partial charge in [-0.05, 0) is 25.8 Å². The number of ether oxygens (including phenoxy) is 2. The lowest BCUT2D eigenvalue weighted by atomic mass is 10.1. The molecule has 0 radical (unpaired) electrons. The van der Waals surface area contributed by atoms with E-state index in [1.165, 1.54) is 11.1 Å². The molecule has 2 rings (SSSR count). The average Bonchev–Trinajstić information content (AvgIpc) is 2.62. The summed E-state index contributed by atoms with van der Waals surface area (Å²) >= 11 is 0. The topological polar surface area (TPSA) is 18.5 Å². The minimum Gasteiger partial charge on any atom is -0.344 e. The van der Waals surface area contributed by atoms with E-state index in [2.05, 4.69) is 32.9 Å². The summed E-state index contributed by atoms with van der Waals surface area (Å²) in [5, 5.41) is 0. The van der Waals surface area contributed by atoms with Crippen LogP contribution in [0, 0.1) is 0 Å². The molecule has 0 aliphatic carbocycles. The Labute approximate surface area is 91.2 Å². The third kappa shape index (κ3) is 2.21. The lowest BCUT2D eigenvalue weighted by molar-refractivity contribution is -0.199. The van der Waals surface area contributed by atoms with Gasteiger partial charge in [0.1, 0.15) is 0 Å². The van der Waals surface area contributed by atoms with Gasteiger partial charge in [-0.1, -0.05) is 31.2 Å². The molecule has 0 aromatic heterocycles. The Bertz CT molecular complexity index is 344. The van der Waals surface area contributed by atoms with Crippen LogP contribution >= 0.6 is 0 Å². The van der Waals surface area contributed by atoms with Gasteiger partial charge >= 0.3 is 0 Å². The zero-order valence-corrected chi connectivity index (χ0v) is 9.62. The van der Waals surface area contributed by atoms with Gasteiger partial charge in [-0.25, -0.2) is 0 Å². The molecule has 0 saturated carbocycles. The van der Waals surface area contributed by atoms with Gasteiger partial charge in [0.05, 0.1) is 12.2 Å². The van der Waals surface area contributed by atoms with Crippen molar-refractivity contribution in [2.75, 3.05) is 0 Å². The first kappa shape index (κ1) is 10.7. The minimum absolute atomic E-state index is 0.123. The van der Waals surface area contributed by atoms with E-state index in [1.807, 2.05) is 12.1 Å². The highest BCUT2D eigenvalue weighted by Crippen LogP contribution is 2.35. The summed E-state index contributed by atoms with van der Waals surface area (Å²) in [6.07, 6.45) is 0.797. The molecule has 1 aliphatic rings. The molecule has 1 aromatic rings. The lowest BCUT2D eigenvalue weighted by Crippen LogP contribution is -2.25. The van der Waals surface area contributed by atoms with Gasteiger partial charge in [-0.2, -0.15) is 0 Å². The largest absolute Gasteiger partial charge is 0.344 e. The predicted molar refractivity (Wildman–Crippen MR) is 59.4 cm³/mol. The number of benzene rings is 1. The Kier molecular flexibility index (Phi) is 2.81. The van der Waals surface area contributed by atoms with E-state index < -0.39 is 0 Å². The van der Waals surface area contributed by atoms with Crippen LogP contribution < -0.4 is 0 Å². The van der Waals surface area contributed by atoms with Crippen LogP contribution in [0.5, 0.6) is 0 Å². The zero-order valence-electron chi connectivity index (χ0n) is 9.62. The van der Waals surface area contributed by atoms with E-state index in [-0.39, 0.29) is 11.9 Å². The highest BCUT2D eigenvalue weighted by Gasteiger charge is 2.29. The number of hydrogen-bond donors (Lipinski definition) is 0. The molecule has 2 heteroatoms. The van der Waals surface area contributed by atoms with E-state index in [0.717, 1.165) is 6.42 Å². The van der Waals surface area contributed by atoms with Crippen LogP contribution in [0.1, 0.15) is 44.6 Å². The van der Waals surface area contributed by atoms with Crippen LogP contribution in [0.25, 0.3) is 0 Å². The third-order valence-corrected chi connectivity index (χ3v) is 2.98. The molecular formula is C13H18O2. The summed E-state index contributed by atoms with van der Waals surface area (Å²) in [6, 6.07) is 8.24. The van der Waals surface area contributed by atoms with Crippen LogP contribution in [0.4, 0.5) is 0 Å². The van der Waals surface area contributed by atoms with Gasteiger partial charge in [0.2, 0.25) is 0 Å². The SMILES string of the molecule is CCC(C)(C)OC1OCc2ccccc21. The Hall–Kier alpha value is -0.860. The Balaban J connectivity index is 2.14. The van der Waals surface area contributed by atoms with Crippen LogP contribution in [-0.4, -0.2) is 5.60 Å². The van der Waals surface area contributed by atoms with Crippen LogP contribution in [0.3, 0.4) is 0 Å². The van der Waals surface area contributed by atoms with Crippen LogP contribution in [0.2, 0.25) is 0 Å². The number of fused-ring (bicyclic) bond motifs is 1. The zero-order chi connectivity index (χ0) is 10.9. The van der Waals surface area contributed by atoms with Crippen molar-refractivity contribution in [3.8, 4) is 0 Å². The summed E-state index contributed by atoms with van der Waals surface area (Å²) in [6.45, 7) is 6.98. The Morgan fingerprint density at radius 1 is 1.40 bits per heavy atom. The van der Waals surface area contributed by atoms with Gasteiger partial charge in [-0.15, -0.1) is 0 Å². The molecule has 1 unspecified atom stereocenters. The second-order valence-corrected chi connectivity index (χ2v) is 4.57. The molecule has 0 saturated heterocycles. The molecule has 0 fully saturated rings. The standard InChI is InChI=1S/C13H18O2/c1-4-13(2,3)15-12-11-8-6-5-7-10(11)9-14-12/h5-8,12H,4,9H2,1-3H3. The highest BCUT2D eigenvalue weighted by molar-refractivity contribution is 5.30. The highest BCUT2D eigenvalue weighted by atomic mass is 16.7. The first-order chi connectivity index (χ1) is 7.12. The van der Waals surface area contributed by atoms with Crippen molar-refractivity contribution in [3.63, 3.8) is 0 Å². The molecule has 2 nitrogen and oxygen atoms in total. The van der Waals surface area contributed by atoms with Crippen molar-refractivity contribution in [1.82, 2.24) is 0 Å². The molecule has 0 spiro atoms. The van der Waals surface area contributed by atoms with Gasteiger partial charge in [0.25, 0.3) is 0 Å². The monoisotopic (exact) mass is 206 g/mol. The van der Waals surface area contributed by atoms with Crippen LogP contribution in [0.15, 0.2) is 24.3 Å². The molecule has 1 aromatic carbocycles. The second kappa shape index (κ2) is 3.95. The predicted octanol–water partition coefficient (Wildman–Crippen LogP) is 3.42. The average molecular weight is 206 g/mol. The molecular weight excluding hydrogens is 188 g/mol. The van der Waals surface area contributed by atoms with Gasteiger partial charge in [0, 0.05) is 5.56 Å². The number of rotatable bonds is 3. The summed E-state index contributed by atoms with van der Waals surface area (Å²) in [7, 11) is 0. The van der Waals surface area contributed by atoms with Crippen LogP contribution in [-0.2, 0) is 16.1 Å². The molecule has 0 N–H and O–H groups in total. The summed E-state index contributed by atoms with van der Waals surface area (Å²) in [5.41, 5.74) is 2.30. The van der Waals surface area contributed by atoms with Gasteiger partial charge in [0.15, 0.2) is 6.29 Å². The van der Waals surface area contributed by atoms with Crippen molar-refractivity contribution in [1.29, 1.82) is 0 Å². The number of hydrogen-bond acceptors (Lipinski definition) is 2. The summed E-state index contributed by atoms with van der Waals surface area (Å²) in [4.78, 5) is 0. The van der Waals surface area contributed by atoms with E-state index >= 15 is 0 Å². The maximum atomic E-state index is 5.95. The first-order valence-electron chi connectivity index (χ1n) is 5.49. The van der Waals surface area contributed by atoms with E-state index in [0.29, 0.717) is 6.61 Å². The maximum absolute atomic E-state index is 5.95. The van der Waals surface area contributed by atoms with Crippen molar-refractivity contribution in [3.05, 3.63) is 35.4 Å². The second-order valence-electron chi connectivity index (χ2n) is 4.57. The molecule has 1 aliphatic heterocycles. The molecule has 15 heavy (non-hydrogen) atoms. The van der Waals surface area contributed by atoms with Gasteiger partial charge in [-0.3, -0.25) is 0 Å². The fourth-order valence-electron chi connectivity index (χ4n) is 1.62. The fourth-order valence-corrected chi connectivity index (χ4v) is 1.62. The first-order valence-corrected chi connectivity index (χ1v) is 5.49. The van der Waals surface area contributed by atoms with Crippen molar-refractivity contribution in [2.24, 2.45) is 0 Å². The van der Waals surface area contributed by atoms with Crippen molar-refractivity contribution in [2.45, 2.75) is 45.7 Å². The smallest absolute Gasteiger partial charge is 0.185 e. The van der Waals surface area contributed by atoms with Gasteiger partial charge < -0.3 is 9.47 Å². The molecule has 82 valence electrons. The molecule has 1 heterocycles. The maximum Gasteiger partial charge on any atom is 0.185 e. The van der Waals surface area contributed by atoms with E-state index in [9.17, 15) is 0 Å². The van der Waals surface area contributed by atoms with Crippen molar-refractivity contribution < 1.29 is 9.47 Å². The molecule has 1 atom stereocenters. The molecule has 0 bridgehead atoms.